The Morgan fingerprint density at radius 3 is 2.50 bits per heavy atom. The predicted octanol–water partition coefficient (Wildman–Crippen LogP) is 4.19. The van der Waals surface area contributed by atoms with Crippen molar-refractivity contribution in [2.45, 2.75) is 71.4 Å². The molecule has 0 spiro atoms. The molecular weight excluding hydrogens is 314 g/mol. The maximum atomic E-state index is 4.56. The molecule has 0 radical (unpaired) electrons. The molecule has 0 bridgehead atoms. The van der Waals surface area contributed by atoms with E-state index in [9.17, 15) is 0 Å². The van der Waals surface area contributed by atoms with Crippen molar-refractivity contribution in [2.24, 2.45) is 13.0 Å². The molecule has 1 saturated carbocycles. The molecule has 0 aromatic carbocycles. The van der Waals surface area contributed by atoms with Crippen molar-refractivity contribution in [3.63, 3.8) is 0 Å². The van der Waals surface area contributed by atoms with E-state index in [1.807, 2.05) is 11.7 Å². The molecule has 1 N–H and O–H groups in total. The first kappa shape index (κ1) is 16.0. The molecule has 1 aromatic rings. The summed E-state index contributed by atoms with van der Waals surface area (Å²) >= 11 is 3.70. The SMILES string of the molecule is CCc1nn(C)c(CN[C@@H](C)C2CCCCCC2)c1Br. The van der Waals surface area contributed by atoms with E-state index in [0.29, 0.717) is 6.04 Å². The first-order valence-electron chi connectivity index (χ1n) is 8.07. The molecule has 114 valence electrons. The highest BCUT2D eigenvalue weighted by molar-refractivity contribution is 9.10. The summed E-state index contributed by atoms with van der Waals surface area (Å²) in [7, 11) is 2.04. The summed E-state index contributed by atoms with van der Waals surface area (Å²) in [5.41, 5.74) is 2.42. The largest absolute Gasteiger partial charge is 0.308 e. The first-order chi connectivity index (χ1) is 9.63. The average Bonchev–Trinajstić information content (AvgIpc) is 2.66. The van der Waals surface area contributed by atoms with Crippen molar-refractivity contribution in [2.75, 3.05) is 0 Å². The summed E-state index contributed by atoms with van der Waals surface area (Å²) in [6, 6.07) is 0.597. The van der Waals surface area contributed by atoms with Crippen molar-refractivity contribution in [1.29, 1.82) is 0 Å². The maximum Gasteiger partial charge on any atom is 0.0767 e. The second-order valence-corrected chi connectivity index (χ2v) is 6.90. The predicted molar refractivity (Wildman–Crippen MR) is 87.8 cm³/mol. The molecule has 20 heavy (non-hydrogen) atoms. The Morgan fingerprint density at radius 2 is 1.95 bits per heavy atom. The molecule has 2 rings (SSSR count). The summed E-state index contributed by atoms with van der Waals surface area (Å²) in [5, 5.41) is 8.29. The normalized spacial score (nSPS) is 19.0. The van der Waals surface area contributed by atoms with Crippen LogP contribution in [-0.2, 0) is 20.0 Å². The highest BCUT2D eigenvalue weighted by Gasteiger charge is 2.20. The van der Waals surface area contributed by atoms with E-state index in [2.05, 4.69) is 40.2 Å². The number of hydrogen-bond donors (Lipinski definition) is 1. The molecule has 0 unspecified atom stereocenters. The van der Waals surface area contributed by atoms with Crippen molar-refractivity contribution in [1.82, 2.24) is 15.1 Å². The lowest BCUT2D eigenvalue weighted by molar-refractivity contribution is 0.334. The van der Waals surface area contributed by atoms with E-state index in [-0.39, 0.29) is 0 Å². The van der Waals surface area contributed by atoms with E-state index in [1.165, 1.54) is 48.7 Å². The van der Waals surface area contributed by atoms with E-state index >= 15 is 0 Å². The van der Waals surface area contributed by atoms with Crippen LogP contribution in [0.4, 0.5) is 0 Å². The maximum absolute atomic E-state index is 4.56. The number of nitrogens with zero attached hydrogens (tertiary/aromatic N) is 2. The average molecular weight is 342 g/mol. The van der Waals surface area contributed by atoms with Crippen LogP contribution in [0.2, 0.25) is 0 Å². The summed E-state index contributed by atoms with van der Waals surface area (Å²) in [4.78, 5) is 0. The number of halogens is 1. The van der Waals surface area contributed by atoms with Gasteiger partial charge >= 0.3 is 0 Å². The molecule has 4 heteroatoms. The van der Waals surface area contributed by atoms with Crippen molar-refractivity contribution < 1.29 is 0 Å². The minimum atomic E-state index is 0.597. The van der Waals surface area contributed by atoms with E-state index in [1.54, 1.807) is 0 Å². The van der Waals surface area contributed by atoms with Gasteiger partial charge in [0.2, 0.25) is 0 Å². The van der Waals surface area contributed by atoms with Crippen LogP contribution in [0.25, 0.3) is 0 Å². The van der Waals surface area contributed by atoms with Crippen LogP contribution >= 0.6 is 15.9 Å². The van der Waals surface area contributed by atoms with Gasteiger partial charge in [0.1, 0.15) is 0 Å². The molecular formula is C16H28BrN3. The zero-order chi connectivity index (χ0) is 14.5. The zero-order valence-corrected chi connectivity index (χ0v) is 14.7. The standard InChI is InChI=1S/C16H28BrN3/c1-4-14-16(17)15(20(3)19-14)11-18-12(2)13-9-7-5-6-8-10-13/h12-13,18H,4-11H2,1-3H3/t12-/m0/s1. The Morgan fingerprint density at radius 1 is 1.30 bits per heavy atom. The van der Waals surface area contributed by atoms with Crippen LogP contribution in [0.15, 0.2) is 4.47 Å². The lowest BCUT2D eigenvalue weighted by atomic mass is 9.93. The number of aryl methyl sites for hydroxylation is 2. The lowest BCUT2D eigenvalue weighted by Crippen LogP contribution is -2.33. The van der Waals surface area contributed by atoms with Gasteiger partial charge in [-0.25, -0.2) is 0 Å². The third-order valence-electron chi connectivity index (χ3n) is 4.70. The topological polar surface area (TPSA) is 29.9 Å². The van der Waals surface area contributed by atoms with Gasteiger partial charge in [-0.2, -0.15) is 5.10 Å². The monoisotopic (exact) mass is 341 g/mol. The minimum absolute atomic E-state index is 0.597. The van der Waals surface area contributed by atoms with Gasteiger partial charge < -0.3 is 5.32 Å². The Balaban J connectivity index is 1.92. The van der Waals surface area contributed by atoms with Crippen LogP contribution in [0.5, 0.6) is 0 Å². The van der Waals surface area contributed by atoms with Crippen LogP contribution in [0.3, 0.4) is 0 Å². The van der Waals surface area contributed by atoms with Crippen LogP contribution in [0, 0.1) is 5.92 Å². The Kier molecular flexibility index (Phi) is 6.09. The molecule has 1 aromatic heterocycles. The number of rotatable bonds is 5. The van der Waals surface area contributed by atoms with Gasteiger partial charge in [-0.1, -0.05) is 32.6 Å². The number of nitrogens with one attached hydrogen (secondary N) is 1. The Labute approximate surface area is 131 Å². The van der Waals surface area contributed by atoms with Gasteiger partial charge in [0, 0.05) is 19.6 Å². The second kappa shape index (κ2) is 7.60. The van der Waals surface area contributed by atoms with E-state index in [0.717, 1.165) is 24.6 Å². The third kappa shape index (κ3) is 3.85. The fraction of sp³-hybridized carbons (Fsp3) is 0.812. The molecule has 0 amide bonds. The van der Waals surface area contributed by atoms with Crippen LogP contribution in [0.1, 0.15) is 63.8 Å². The van der Waals surface area contributed by atoms with Gasteiger partial charge in [0.05, 0.1) is 15.9 Å². The smallest absolute Gasteiger partial charge is 0.0767 e. The highest BCUT2D eigenvalue weighted by Crippen LogP contribution is 2.26. The van der Waals surface area contributed by atoms with E-state index < -0.39 is 0 Å². The summed E-state index contributed by atoms with van der Waals surface area (Å²) in [5.74, 6) is 0.843. The summed E-state index contributed by atoms with van der Waals surface area (Å²) in [6.07, 6.45) is 9.43. The third-order valence-corrected chi connectivity index (χ3v) is 5.62. The Hall–Kier alpha value is -0.350. The van der Waals surface area contributed by atoms with Gasteiger partial charge in [0.15, 0.2) is 0 Å². The second-order valence-electron chi connectivity index (χ2n) is 6.11. The first-order valence-corrected chi connectivity index (χ1v) is 8.86. The Bertz CT molecular complexity index is 420. The van der Waals surface area contributed by atoms with Crippen molar-refractivity contribution in [3.8, 4) is 0 Å². The van der Waals surface area contributed by atoms with Crippen LogP contribution in [-0.4, -0.2) is 15.8 Å². The van der Waals surface area contributed by atoms with Crippen molar-refractivity contribution in [3.05, 3.63) is 15.9 Å². The molecule has 1 heterocycles. The molecule has 1 aliphatic rings. The van der Waals surface area contributed by atoms with Crippen molar-refractivity contribution >= 4 is 15.9 Å². The summed E-state index contributed by atoms with van der Waals surface area (Å²) < 4.78 is 3.19. The highest BCUT2D eigenvalue weighted by atomic mass is 79.9. The lowest BCUT2D eigenvalue weighted by Gasteiger charge is -2.23. The van der Waals surface area contributed by atoms with Gasteiger partial charge in [-0.3, -0.25) is 4.68 Å². The molecule has 0 aliphatic heterocycles. The molecule has 1 fully saturated rings. The molecule has 1 atom stereocenters. The fourth-order valence-corrected chi connectivity index (χ4v) is 4.00. The van der Waals surface area contributed by atoms with Crippen LogP contribution < -0.4 is 5.32 Å². The summed E-state index contributed by atoms with van der Waals surface area (Å²) in [6.45, 7) is 5.40. The number of aromatic nitrogens is 2. The van der Waals surface area contributed by atoms with Gasteiger partial charge in [0.25, 0.3) is 0 Å². The van der Waals surface area contributed by atoms with Gasteiger partial charge in [-0.05, 0) is 48.0 Å². The minimum Gasteiger partial charge on any atom is -0.308 e. The fourth-order valence-electron chi connectivity index (χ4n) is 3.25. The quantitative estimate of drug-likeness (QED) is 0.813. The van der Waals surface area contributed by atoms with E-state index in [4.69, 9.17) is 0 Å². The molecule has 0 saturated heterocycles. The zero-order valence-electron chi connectivity index (χ0n) is 13.1. The number of hydrogen-bond acceptors (Lipinski definition) is 2. The molecule has 1 aliphatic carbocycles. The van der Waals surface area contributed by atoms with Gasteiger partial charge in [-0.15, -0.1) is 0 Å². The molecule has 3 nitrogen and oxygen atoms in total.